The lowest BCUT2D eigenvalue weighted by Gasteiger charge is -2.04. The average molecular weight is 299 g/mol. The van der Waals surface area contributed by atoms with Gasteiger partial charge in [0, 0.05) is 0 Å². The largest absolute Gasteiger partial charge is 0.490 e. The van der Waals surface area contributed by atoms with Crippen molar-refractivity contribution in [1.29, 1.82) is 0 Å². The van der Waals surface area contributed by atoms with Crippen LogP contribution in [0.3, 0.4) is 0 Å². The summed E-state index contributed by atoms with van der Waals surface area (Å²) >= 11 is 0. The van der Waals surface area contributed by atoms with Gasteiger partial charge in [0.1, 0.15) is 0 Å². The fraction of sp³-hybridized carbons (Fsp3) is 0.300. The Balaban J connectivity index is 0.000000399. The van der Waals surface area contributed by atoms with Crippen molar-refractivity contribution in [1.82, 2.24) is 0 Å². The Morgan fingerprint density at radius 2 is 1.68 bits per heavy atom. The van der Waals surface area contributed by atoms with E-state index in [4.69, 9.17) is 15.0 Å². The summed E-state index contributed by atoms with van der Waals surface area (Å²) < 4.78 is 53.7. The van der Waals surface area contributed by atoms with E-state index in [9.17, 15) is 21.6 Å². The molecule has 1 aromatic rings. The van der Waals surface area contributed by atoms with Crippen LogP contribution in [-0.4, -0.2) is 25.7 Å². The molecule has 108 valence electrons. The summed E-state index contributed by atoms with van der Waals surface area (Å²) in [6, 6.07) is 5.05. The molecule has 5 nitrogen and oxygen atoms in total. The third kappa shape index (κ3) is 5.71. The van der Waals surface area contributed by atoms with Crippen LogP contribution in [-0.2, 0) is 14.8 Å². The van der Waals surface area contributed by atoms with Crippen LogP contribution in [0.15, 0.2) is 23.1 Å². The van der Waals surface area contributed by atoms with Gasteiger partial charge in [0.2, 0.25) is 10.0 Å². The van der Waals surface area contributed by atoms with Gasteiger partial charge in [-0.1, -0.05) is 12.1 Å². The Morgan fingerprint density at radius 3 is 1.95 bits per heavy atom. The first kappa shape index (κ1) is 17.4. The van der Waals surface area contributed by atoms with Gasteiger partial charge >= 0.3 is 12.1 Å². The summed E-state index contributed by atoms with van der Waals surface area (Å²) in [5, 5.41) is 12.1. The fourth-order valence-corrected chi connectivity index (χ4v) is 1.89. The molecule has 0 aliphatic carbocycles. The molecular formula is C10H12F3NO4S. The highest BCUT2D eigenvalue weighted by atomic mass is 32.2. The van der Waals surface area contributed by atoms with Gasteiger partial charge in [0.05, 0.1) is 4.90 Å². The van der Waals surface area contributed by atoms with Crippen molar-refractivity contribution in [2.45, 2.75) is 24.9 Å². The summed E-state index contributed by atoms with van der Waals surface area (Å²) in [6.07, 6.45) is -5.08. The van der Waals surface area contributed by atoms with Gasteiger partial charge < -0.3 is 5.11 Å². The van der Waals surface area contributed by atoms with Gasteiger partial charge in [0.15, 0.2) is 0 Å². The Bertz CT molecular complexity index is 567. The molecule has 0 aliphatic heterocycles. The molecule has 0 amide bonds. The number of aryl methyl sites for hydroxylation is 1. The predicted molar refractivity (Wildman–Crippen MR) is 61.0 cm³/mol. The number of carbonyl (C=O) groups is 1. The van der Waals surface area contributed by atoms with Crippen molar-refractivity contribution in [3.63, 3.8) is 0 Å². The van der Waals surface area contributed by atoms with Crippen molar-refractivity contribution < 1.29 is 31.5 Å². The van der Waals surface area contributed by atoms with Crippen LogP contribution in [0, 0.1) is 13.8 Å². The molecule has 19 heavy (non-hydrogen) atoms. The Morgan fingerprint density at radius 1 is 1.26 bits per heavy atom. The lowest BCUT2D eigenvalue weighted by molar-refractivity contribution is -0.192. The number of primary sulfonamides is 1. The standard InChI is InChI=1S/C8H11NO2S.C2HF3O2/c1-6-4-3-5-8(7(6)2)12(9,10)11;3-2(4,5)1(6)7/h3-5H,1-2H3,(H2,9,10,11);(H,6,7). The van der Waals surface area contributed by atoms with E-state index in [1.54, 1.807) is 13.0 Å². The second-order valence-electron chi connectivity index (χ2n) is 3.55. The van der Waals surface area contributed by atoms with Crippen molar-refractivity contribution in [3.05, 3.63) is 29.3 Å². The van der Waals surface area contributed by atoms with E-state index in [0.717, 1.165) is 11.1 Å². The van der Waals surface area contributed by atoms with Crippen molar-refractivity contribution >= 4 is 16.0 Å². The molecular weight excluding hydrogens is 287 g/mol. The molecule has 0 saturated carbocycles. The molecule has 9 heteroatoms. The highest BCUT2D eigenvalue weighted by molar-refractivity contribution is 7.89. The summed E-state index contributed by atoms with van der Waals surface area (Å²) in [5.41, 5.74) is 1.65. The van der Waals surface area contributed by atoms with Crippen LogP contribution >= 0.6 is 0 Å². The minimum atomic E-state index is -5.08. The van der Waals surface area contributed by atoms with Crippen molar-refractivity contribution in [2.24, 2.45) is 5.14 Å². The molecule has 0 bridgehead atoms. The normalized spacial score (nSPS) is 11.5. The molecule has 0 atom stereocenters. The number of aliphatic carboxylic acids is 1. The first-order valence-electron chi connectivity index (χ1n) is 4.76. The summed E-state index contributed by atoms with van der Waals surface area (Å²) in [6.45, 7) is 3.60. The van der Waals surface area contributed by atoms with E-state index >= 15 is 0 Å². The maximum atomic E-state index is 11.0. The van der Waals surface area contributed by atoms with Crippen LogP contribution in [0.25, 0.3) is 0 Å². The molecule has 0 radical (unpaired) electrons. The number of halogens is 3. The number of nitrogens with two attached hydrogens (primary N) is 1. The molecule has 1 aromatic carbocycles. The molecule has 0 aromatic heterocycles. The monoisotopic (exact) mass is 299 g/mol. The van der Waals surface area contributed by atoms with Gasteiger partial charge in [-0.3, -0.25) is 0 Å². The molecule has 0 spiro atoms. The number of carboxylic acids is 1. The van der Waals surface area contributed by atoms with Crippen LogP contribution in [0.5, 0.6) is 0 Å². The van der Waals surface area contributed by atoms with E-state index in [1.807, 2.05) is 13.0 Å². The SMILES string of the molecule is Cc1cccc(S(N)(=O)=O)c1C.O=C(O)C(F)(F)F. The molecule has 0 aliphatic rings. The second-order valence-corrected chi connectivity index (χ2v) is 5.08. The maximum absolute atomic E-state index is 11.0. The van der Waals surface area contributed by atoms with Gasteiger partial charge in [-0.25, -0.2) is 18.4 Å². The first-order valence-corrected chi connectivity index (χ1v) is 6.31. The molecule has 0 unspecified atom stereocenters. The number of benzene rings is 1. The van der Waals surface area contributed by atoms with E-state index in [0.29, 0.717) is 0 Å². The predicted octanol–water partition coefficient (Wildman–Crippen LogP) is 1.58. The van der Waals surface area contributed by atoms with Gasteiger partial charge in [-0.2, -0.15) is 13.2 Å². The Kier molecular flexibility index (Phi) is 5.51. The van der Waals surface area contributed by atoms with Crippen LogP contribution in [0.4, 0.5) is 13.2 Å². The second kappa shape index (κ2) is 6.02. The van der Waals surface area contributed by atoms with Gasteiger partial charge in [0.25, 0.3) is 0 Å². The van der Waals surface area contributed by atoms with Gasteiger partial charge in [-0.05, 0) is 31.0 Å². The Labute approximate surface area is 107 Å². The highest BCUT2D eigenvalue weighted by Gasteiger charge is 2.38. The third-order valence-corrected chi connectivity index (χ3v) is 3.16. The van der Waals surface area contributed by atoms with Crippen LogP contribution in [0.2, 0.25) is 0 Å². The smallest absolute Gasteiger partial charge is 0.475 e. The fourth-order valence-electron chi connectivity index (χ4n) is 1.03. The summed E-state index contributed by atoms with van der Waals surface area (Å²) in [4.78, 5) is 9.11. The van der Waals surface area contributed by atoms with Crippen LogP contribution in [0.1, 0.15) is 11.1 Å². The molecule has 0 saturated heterocycles. The molecule has 1 rings (SSSR count). The molecule has 0 heterocycles. The van der Waals surface area contributed by atoms with E-state index < -0.39 is 22.2 Å². The molecule has 3 N–H and O–H groups in total. The number of rotatable bonds is 1. The number of hydrogen-bond acceptors (Lipinski definition) is 3. The number of sulfonamides is 1. The number of alkyl halides is 3. The third-order valence-electron chi connectivity index (χ3n) is 2.10. The maximum Gasteiger partial charge on any atom is 0.490 e. The van der Waals surface area contributed by atoms with Gasteiger partial charge in [-0.15, -0.1) is 0 Å². The topological polar surface area (TPSA) is 97.5 Å². The average Bonchev–Trinajstić information content (AvgIpc) is 2.19. The minimum Gasteiger partial charge on any atom is -0.475 e. The zero-order chi connectivity index (χ0) is 15.4. The van der Waals surface area contributed by atoms with E-state index in [-0.39, 0.29) is 4.90 Å². The number of hydrogen-bond donors (Lipinski definition) is 2. The zero-order valence-electron chi connectivity index (χ0n) is 10.0. The van der Waals surface area contributed by atoms with Crippen molar-refractivity contribution in [2.75, 3.05) is 0 Å². The Hall–Kier alpha value is -1.61. The van der Waals surface area contributed by atoms with Crippen molar-refractivity contribution in [3.8, 4) is 0 Å². The highest BCUT2D eigenvalue weighted by Crippen LogP contribution is 2.16. The lowest BCUT2D eigenvalue weighted by Crippen LogP contribution is -2.21. The zero-order valence-corrected chi connectivity index (χ0v) is 10.8. The van der Waals surface area contributed by atoms with E-state index in [1.165, 1.54) is 6.07 Å². The number of carboxylic acid groups (broad SMARTS) is 1. The lowest BCUT2D eigenvalue weighted by atomic mass is 10.1. The minimum absolute atomic E-state index is 0.211. The van der Waals surface area contributed by atoms with E-state index in [2.05, 4.69) is 0 Å². The first-order chi connectivity index (χ1) is 8.37. The summed E-state index contributed by atoms with van der Waals surface area (Å²) in [5.74, 6) is -2.76. The quantitative estimate of drug-likeness (QED) is 0.822. The van der Waals surface area contributed by atoms with Crippen LogP contribution < -0.4 is 5.14 Å². The summed E-state index contributed by atoms with van der Waals surface area (Å²) in [7, 11) is -3.56. The molecule has 0 fully saturated rings.